The number of nitrogens with zero attached hydrogens (tertiary/aromatic N) is 1. The summed E-state index contributed by atoms with van der Waals surface area (Å²) in [6.45, 7) is 0. The smallest absolute Gasteiger partial charge is 0.260 e. The molecule has 0 saturated heterocycles. The first-order valence-electron chi connectivity index (χ1n) is 2.59. The van der Waals surface area contributed by atoms with Gasteiger partial charge < -0.3 is 0 Å². The van der Waals surface area contributed by atoms with Crippen LogP contribution < -0.4 is 0 Å². The van der Waals surface area contributed by atoms with Gasteiger partial charge >= 0.3 is 0 Å². The van der Waals surface area contributed by atoms with Crippen molar-refractivity contribution in [1.82, 2.24) is 0 Å². The zero-order valence-corrected chi connectivity index (χ0v) is 5.77. The van der Waals surface area contributed by atoms with Gasteiger partial charge in [0.1, 0.15) is 6.07 Å². The maximum absolute atomic E-state index is 10.6. The van der Waals surface area contributed by atoms with Crippen molar-refractivity contribution in [2.45, 2.75) is 6.42 Å². The van der Waals surface area contributed by atoms with Crippen molar-refractivity contribution >= 4 is 22.7 Å². The van der Waals surface area contributed by atoms with Crippen LogP contribution in [0.4, 0.5) is 0 Å². The number of hydrogen-bond acceptors (Lipinski definition) is 4. The van der Waals surface area contributed by atoms with Crippen LogP contribution in [-0.4, -0.2) is 10.9 Å². The molecular formula is C6H3NO2S. The summed E-state index contributed by atoms with van der Waals surface area (Å²) in [6.07, 6.45) is 1.54. The second-order valence-corrected chi connectivity index (χ2v) is 2.71. The van der Waals surface area contributed by atoms with Crippen LogP contribution in [0.5, 0.6) is 0 Å². The van der Waals surface area contributed by atoms with E-state index in [0.29, 0.717) is 16.7 Å². The first-order valence-corrected chi connectivity index (χ1v) is 3.41. The summed E-state index contributed by atoms with van der Waals surface area (Å²) in [5, 5.41) is 7.76. The Bertz CT molecular complexity index is 261. The number of rotatable bonds is 0. The van der Waals surface area contributed by atoms with Gasteiger partial charge in [0, 0.05) is 6.42 Å². The lowest BCUT2D eigenvalue weighted by Gasteiger charge is -2.01. The van der Waals surface area contributed by atoms with E-state index < -0.39 is 10.9 Å². The lowest BCUT2D eigenvalue weighted by Crippen LogP contribution is -2.11. The van der Waals surface area contributed by atoms with Crippen LogP contribution in [0.3, 0.4) is 0 Å². The highest BCUT2D eigenvalue weighted by Crippen LogP contribution is 2.21. The van der Waals surface area contributed by atoms with Gasteiger partial charge in [-0.25, -0.2) is 0 Å². The van der Waals surface area contributed by atoms with Crippen LogP contribution in [0.15, 0.2) is 11.0 Å². The van der Waals surface area contributed by atoms with Crippen molar-refractivity contribution in [3.63, 3.8) is 0 Å². The molecule has 3 nitrogen and oxygen atoms in total. The van der Waals surface area contributed by atoms with Crippen molar-refractivity contribution in [2.75, 3.05) is 0 Å². The maximum atomic E-state index is 10.6. The Morgan fingerprint density at radius 1 is 1.60 bits per heavy atom. The van der Waals surface area contributed by atoms with E-state index in [9.17, 15) is 9.59 Å². The summed E-state index contributed by atoms with van der Waals surface area (Å²) in [4.78, 5) is 21.4. The van der Waals surface area contributed by atoms with Crippen molar-refractivity contribution in [2.24, 2.45) is 0 Å². The number of thioether (sulfide) groups is 1. The second kappa shape index (κ2) is 2.67. The second-order valence-electron chi connectivity index (χ2n) is 1.70. The monoisotopic (exact) mass is 153 g/mol. The zero-order valence-electron chi connectivity index (χ0n) is 4.96. The number of Topliss-reactive ketones (excluding diaryl/α,β-unsaturated/α-hetero) is 1. The molecule has 50 valence electrons. The highest BCUT2D eigenvalue weighted by molar-refractivity contribution is 8.19. The SMILES string of the molecule is N#CC1=CCC(=O)C(=O)S1. The van der Waals surface area contributed by atoms with E-state index >= 15 is 0 Å². The molecule has 4 heteroatoms. The molecule has 0 aromatic heterocycles. The topological polar surface area (TPSA) is 57.9 Å². The molecule has 0 aromatic carbocycles. The molecule has 10 heavy (non-hydrogen) atoms. The fourth-order valence-corrected chi connectivity index (χ4v) is 1.14. The summed E-state index contributed by atoms with van der Waals surface area (Å²) in [7, 11) is 0. The Hall–Kier alpha value is -1.08. The van der Waals surface area contributed by atoms with E-state index in [-0.39, 0.29) is 6.42 Å². The Balaban J connectivity index is 2.82. The molecule has 0 fully saturated rings. The molecule has 0 saturated carbocycles. The van der Waals surface area contributed by atoms with Gasteiger partial charge in [0.05, 0.1) is 4.91 Å². The maximum Gasteiger partial charge on any atom is 0.260 e. The van der Waals surface area contributed by atoms with Crippen molar-refractivity contribution in [1.29, 1.82) is 5.26 Å². The van der Waals surface area contributed by atoms with Gasteiger partial charge in [-0.2, -0.15) is 5.26 Å². The summed E-state index contributed by atoms with van der Waals surface area (Å²) in [6, 6.07) is 1.81. The first-order chi connectivity index (χ1) is 4.74. The van der Waals surface area contributed by atoms with Gasteiger partial charge in [-0.15, -0.1) is 0 Å². The molecule has 0 unspecified atom stereocenters. The Kier molecular flexibility index (Phi) is 1.88. The van der Waals surface area contributed by atoms with Gasteiger partial charge in [-0.1, -0.05) is 6.08 Å². The van der Waals surface area contributed by atoms with Crippen molar-refractivity contribution < 1.29 is 9.59 Å². The minimum atomic E-state index is -0.529. The molecule has 1 aliphatic rings. The Morgan fingerprint density at radius 2 is 2.30 bits per heavy atom. The van der Waals surface area contributed by atoms with E-state index in [1.54, 1.807) is 6.07 Å². The van der Waals surface area contributed by atoms with Crippen LogP contribution in [-0.2, 0) is 9.59 Å². The zero-order chi connectivity index (χ0) is 7.56. The molecule has 0 amide bonds. The number of hydrogen-bond donors (Lipinski definition) is 0. The summed E-state index contributed by atoms with van der Waals surface area (Å²) in [5.74, 6) is -0.427. The molecular weight excluding hydrogens is 150 g/mol. The van der Waals surface area contributed by atoms with Crippen molar-refractivity contribution in [3.05, 3.63) is 11.0 Å². The predicted octanol–water partition coefficient (Wildman–Crippen LogP) is 0.626. The molecule has 0 aliphatic carbocycles. The molecule has 0 aromatic rings. The minimum absolute atomic E-state index is 0.0781. The minimum Gasteiger partial charge on any atom is -0.290 e. The van der Waals surface area contributed by atoms with Crippen LogP contribution >= 0.6 is 11.8 Å². The number of nitriles is 1. The quantitative estimate of drug-likeness (QED) is 0.479. The molecule has 0 bridgehead atoms. The average molecular weight is 153 g/mol. The molecule has 1 aliphatic heterocycles. The summed E-state index contributed by atoms with van der Waals surface area (Å²) >= 11 is 0.706. The number of carbonyl (C=O) groups is 2. The summed E-state index contributed by atoms with van der Waals surface area (Å²) < 4.78 is 0. The number of allylic oxidation sites excluding steroid dienone is 2. The lowest BCUT2D eigenvalue weighted by atomic mass is 10.3. The number of ketones is 1. The van der Waals surface area contributed by atoms with Crippen LogP contribution in [0.1, 0.15) is 6.42 Å². The van der Waals surface area contributed by atoms with E-state index in [0.717, 1.165) is 0 Å². The molecule has 1 rings (SSSR count). The molecule has 1 heterocycles. The van der Waals surface area contributed by atoms with Crippen molar-refractivity contribution in [3.8, 4) is 6.07 Å². The lowest BCUT2D eigenvalue weighted by molar-refractivity contribution is -0.131. The molecule has 0 N–H and O–H groups in total. The van der Waals surface area contributed by atoms with Crippen LogP contribution in [0, 0.1) is 11.3 Å². The normalized spacial score (nSPS) is 18.1. The van der Waals surface area contributed by atoms with Gasteiger partial charge in [0.15, 0.2) is 0 Å². The van der Waals surface area contributed by atoms with Gasteiger partial charge in [-0.3, -0.25) is 9.59 Å². The average Bonchev–Trinajstić information content (AvgIpc) is 1.95. The van der Waals surface area contributed by atoms with Crippen LogP contribution in [0.25, 0.3) is 0 Å². The standard InChI is InChI=1S/C6H3NO2S/c7-3-4-1-2-5(8)6(9)10-4/h1H,2H2. The van der Waals surface area contributed by atoms with Crippen LogP contribution in [0.2, 0.25) is 0 Å². The van der Waals surface area contributed by atoms with E-state index in [1.807, 2.05) is 0 Å². The fourth-order valence-electron chi connectivity index (χ4n) is 0.536. The van der Waals surface area contributed by atoms with Gasteiger partial charge in [-0.05, 0) is 11.8 Å². The third kappa shape index (κ3) is 1.25. The highest BCUT2D eigenvalue weighted by Gasteiger charge is 2.20. The van der Waals surface area contributed by atoms with Gasteiger partial charge in [0.25, 0.3) is 5.12 Å². The third-order valence-corrected chi connectivity index (χ3v) is 1.90. The Morgan fingerprint density at radius 3 is 2.80 bits per heavy atom. The Labute approximate surface area is 61.7 Å². The van der Waals surface area contributed by atoms with E-state index in [2.05, 4.69) is 0 Å². The predicted molar refractivity (Wildman–Crippen MR) is 35.9 cm³/mol. The fraction of sp³-hybridized carbons (Fsp3) is 0.167. The number of carbonyl (C=O) groups excluding carboxylic acids is 2. The van der Waals surface area contributed by atoms with Gasteiger partial charge in [0.2, 0.25) is 5.78 Å². The highest BCUT2D eigenvalue weighted by atomic mass is 32.2. The summed E-state index contributed by atoms with van der Waals surface area (Å²) in [5.41, 5.74) is 0. The first kappa shape index (κ1) is 7.03. The molecule has 0 spiro atoms. The molecule has 0 radical (unpaired) electrons. The van der Waals surface area contributed by atoms with E-state index in [1.165, 1.54) is 6.08 Å². The molecule has 0 atom stereocenters. The largest absolute Gasteiger partial charge is 0.290 e. The third-order valence-electron chi connectivity index (χ3n) is 1.01. The van der Waals surface area contributed by atoms with E-state index in [4.69, 9.17) is 5.26 Å².